The highest BCUT2D eigenvalue weighted by Gasteiger charge is 2.27. The highest BCUT2D eigenvalue weighted by molar-refractivity contribution is 7.47. The molecule has 0 saturated heterocycles. The van der Waals surface area contributed by atoms with Crippen LogP contribution in [-0.4, -0.2) is 73.4 Å². The van der Waals surface area contributed by atoms with E-state index >= 15 is 0 Å². The van der Waals surface area contributed by atoms with Crippen molar-refractivity contribution in [3.63, 3.8) is 0 Å². The number of hydrogen-bond acceptors (Lipinski definition) is 5. The molecular formula is C59H112N2O6P+. The summed E-state index contributed by atoms with van der Waals surface area (Å²) in [6.07, 6.45) is 67.5. The molecule has 1 amide bonds. The zero-order valence-corrected chi connectivity index (χ0v) is 46.2. The zero-order valence-electron chi connectivity index (χ0n) is 45.3. The molecule has 9 heteroatoms. The Morgan fingerprint density at radius 3 is 1.26 bits per heavy atom. The number of phosphoric ester groups is 1. The number of carbonyl (C=O) groups excluding carboxylic acids is 1. The standard InChI is InChI=1S/C59H111N2O6P/c1-6-8-10-12-14-16-18-20-22-24-26-27-28-29-30-31-32-33-35-37-39-41-43-45-47-49-51-53-59(63)60-57(56-67-68(64,65)66-55-54-61(3,4)5)58(62)52-50-48-46-44-42-40-38-36-34-25-23-21-19-17-15-13-11-9-7-2/h18,20,24,26,34,36,42,44,50,52,57-58,62H,6-17,19,21-23,25,27-33,35,37-41,43,45-49,51,53-56H2,1-5H3,(H-,60,63,64,65)/p+1/b20-18-,26-24-,36-34+,44-42+,52-50+. The second-order valence-electron chi connectivity index (χ2n) is 20.6. The predicted molar refractivity (Wildman–Crippen MR) is 295 cm³/mol. The van der Waals surface area contributed by atoms with Crippen molar-refractivity contribution in [3.05, 3.63) is 60.8 Å². The fraction of sp³-hybridized carbons (Fsp3) is 0.814. The number of unbranched alkanes of at least 4 members (excludes halogenated alkanes) is 31. The zero-order chi connectivity index (χ0) is 49.9. The minimum absolute atomic E-state index is 0.0525. The molecule has 3 N–H and O–H groups in total. The number of rotatable bonds is 52. The van der Waals surface area contributed by atoms with Crippen LogP contribution in [0.5, 0.6) is 0 Å². The Morgan fingerprint density at radius 1 is 0.500 bits per heavy atom. The number of hydrogen-bond donors (Lipinski definition) is 3. The maximum absolute atomic E-state index is 13.0. The van der Waals surface area contributed by atoms with E-state index in [1.807, 2.05) is 27.2 Å². The first-order valence-corrected chi connectivity index (χ1v) is 30.2. The van der Waals surface area contributed by atoms with Crippen molar-refractivity contribution < 1.29 is 32.9 Å². The minimum atomic E-state index is -4.36. The van der Waals surface area contributed by atoms with E-state index in [0.29, 0.717) is 17.4 Å². The molecule has 3 unspecified atom stereocenters. The van der Waals surface area contributed by atoms with Crippen LogP contribution < -0.4 is 5.32 Å². The molecule has 68 heavy (non-hydrogen) atoms. The second kappa shape index (κ2) is 50.2. The van der Waals surface area contributed by atoms with Gasteiger partial charge in [-0.3, -0.25) is 13.8 Å². The van der Waals surface area contributed by atoms with Crippen molar-refractivity contribution >= 4 is 13.7 Å². The number of amides is 1. The highest BCUT2D eigenvalue weighted by Crippen LogP contribution is 2.43. The number of nitrogens with zero attached hydrogens (tertiary/aromatic N) is 1. The van der Waals surface area contributed by atoms with Gasteiger partial charge in [0.05, 0.1) is 39.9 Å². The Balaban J connectivity index is 4.24. The Kier molecular flexibility index (Phi) is 48.8. The number of aliphatic hydroxyl groups is 1. The van der Waals surface area contributed by atoms with Gasteiger partial charge in [-0.25, -0.2) is 4.57 Å². The largest absolute Gasteiger partial charge is 0.472 e. The van der Waals surface area contributed by atoms with Crippen molar-refractivity contribution in [3.8, 4) is 0 Å². The van der Waals surface area contributed by atoms with Crippen LogP contribution in [0.3, 0.4) is 0 Å². The number of phosphoric acid groups is 1. The molecule has 0 bridgehead atoms. The van der Waals surface area contributed by atoms with E-state index in [1.54, 1.807) is 6.08 Å². The van der Waals surface area contributed by atoms with Crippen LogP contribution in [0, 0.1) is 0 Å². The summed E-state index contributed by atoms with van der Waals surface area (Å²) in [7, 11) is 1.55. The van der Waals surface area contributed by atoms with E-state index in [0.717, 1.165) is 51.4 Å². The maximum Gasteiger partial charge on any atom is 0.472 e. The van der Waals surface area contributed by atoms with Crippen molar-refractivity contribution in [1.29, 1.82) is 0 Å². The molecule has 0 aromatic carbocycles. The number of quaternary nitrogens is 1. The SMILES string of the molecule is CCCCCCC/C=C\C/C=C\CCCCCCCCCCCCCCCCCC(=O)NC(COP(=O)(O)OCC[N+](C)(C)C)C(O)/C=C/CC/C=C/CC/C=C/CCCCCCCCCCC. The lowest BCUT2D eigenvalue weighted by atomic mass is 10.0. The maximum atomic E-state index is 13.0. The number of carbonyl (C=O) groups is 1. The fourth-order valence-electron chi connectivity index (χ4n) is 8.16. The van der Waals surface area contributed by atoms with Crippen LogP contribution in [0.4, 0.5) is 0 Å². The van der Waals surface area contributed by atoms with E-state index in [1.165, 1.54) is 186 Å². The topological polar surface area (TPSA) is 105 Å². The van der Waals surface area contributed by atoms with Crippen LogP contribution in [0.2, 0.25) is 0 Å². The number of aliphatic hydroxyl groups excluding tert-OH is 1. The molecule has 0 heterocycles. The first-order valence-electron chi connectivity index (χ1n) is 28.7. The van der Waals surface area contributed by atoms with E-state index in [-0.39, 0.29) is 19.1 Å². The highest BCUT2D eigenvalue weighted by atomic mass is 31.2. The third kappa shape index (κ3) is 52.0. The van der Waals surface area contributed by atoms with Crippen molar-refractivity contribution in [2.45, 2.75) is 270 Å². The first-order chi connectivity index (χ1) is 33.0. The van der Waals surface area contributed by atoms with Gasteiger partial charge in [-0.15, -0.1) is 0 Å². The van der Waals surface area contributed by atoms with Gasteiger partial charge in [-0.2, -0.15) is 0 Å². The number of likely N-dealkylation sites (N-methyl/N-ethyl adjacent to an activating group) is 1. The summed E-state index contributed by atoms with van der Waals surface area (Å²) >= 11 is 0. The van der Waals surface area contributed by atoms with E-state index in [9.17, 15) is 19.4 Å². The van der Waals surface area contributed by atoms with E-state index in [4.69, 9.17) is 9.05 Å². The van der Waals surface area contributed by atoms with Gasteiger partial charge < -0.3 is 19.8 Å². The molecule has 3 atom stereocenters. The monoisotopic (exact) mass is 976 g/mol. The average molecular weight is 977 g/mol. The summed E-state index contributed by atoms with van der Waals surface area (Å²) in [4.78, 5) is 23.3. The first kappa shape index (κ1) is 66.2. The Bertz CT molecular complexity index is 1290. The van der Waals surface area contributed by atoms with Gasteiger partial charge in [0.15, 0.2) is 0 Å². The average Bonchev–Trinajstić information content (AvgIpc) is 3.30. The Hall–Kier alpha value is -1.80. The van der Waals surface area contributed by atoms with Crippen molar-refractivity contribution in [2.75, 3.05) is 40.9 Å². The molecule has 0 aliphatic heterocycles. The van der Waals surface area contributed by atoms with Crippen LogP contribution in [-0.2, 0) is 18.4 Å². The molecule has 0 saturated carbocycles. The molecule has 0 fully saturated rings. The molecule has 0 aromatic heterocycles. The van der Waals surface area contributed by atoms with Crippen LogP contribution in [0.1, 0.15) is 258 Å². The summed E-state index contributed by atoms with van der Waals surface area (Å²) in [5.41, 5.74) is 0. The predicted octanol–water partition coefficient (Wildman–Crippen LogP) is 17.3. The van der Waals surface area contributed by atoms with Gasteiger partial charge in [0.1, 0.15) is 13.2 Å². The molecule has 0 aromatic rings. The van der Waals surface area contributed by atoms with Crippen LogP contribution in [0.25, 0.3) is 0 Å². The normalized spacial score (nSPS) is 14.4. The van der Waals surface area contributed by atoms with Crippen molar-refractivity contribution in [1.82, 2.24) is 5.32 Å². The van der Waals surface area contributed by atoms with Gasteiger partial charge >= 0.3 is 7.82 Å². The van der Waals surface area contributed by atoms with Gasteiger partial charge in [0.25, 0.3) is 0 Å². The lowest BCUT2D eigenvalue weighted by Crippen LogP contribution is -2.45. The van der Waals surface area contributed by atoms with Gasteiger partial charge in [-0.1, -0.05) is 235 Å². The van der Waals surface area contributed by atoms with Crippen LogP contribution in [0.15, 0.2) is 60.8 Å². The van der Waals surface area contributed by atoms with E-state index < -0.39 is 20.0 Å². The van der Waals surface area contributed by atoms with Crippen molar-refractivity contribution in [2.24, 2.45) is 0 Å². The minimum Gasteiger partial charge on any atom is -0.387 e. The molecule has 8 nitrogen and oxygen atoms in total. The lowest BCUT2D eigenvalue weighted by Gasteiger charge is -2.25. The molecule has 0 spiro atoms. The number of allylic oxidation sites excluding steroid dienone is 9. The summed E-state index contributed by atoms with van der Waals surface area (Å²) in [6, 6.07) is -0.871. The summed E-state index contributed by atoms with van der Waals surface area (Å²) in [5, 5.41) is 13.9. The molecule has 0 radical (unpaired) electrons. The van der Waals surface area contributed by atoms with Gasteiger partial charge in [0.2, 0.25) is 5.91 Å². The van der Waals surface area contributed by atoms with Gasteiger partial charge in [-0.05, 0) is 77.0 Å². The molecule has 0 aliphatic carbocycles. The molecule has 0 rings (SSSR count). The van der Waals surface area contributed by atoms with Crippen LogP contribution >= 0.6 is 7.82 Å². The Labute approximate surface area is 422 Å². The summed E-state index contributed by atoms with van der Waals surface area (Å²) in [6.45, 7) is 4.79. The van der Waals surface area contributed by atoms with Gasteiger partial charge in [0, 0.05) is 6.42 Å². The molecule has 398 valence electrons. The Morgan fingerprint density at radius 2 is 0.853 bits per heavy atom. The summed E-state index contributed by atoms with van der Waals surface area (Å²) in [5.74, 6) is -0.190. The van der Waals surface area contributed by atoms with E-state index in [2.05, 4.69) is 67.8 Å². The smallest absolute Gasteiger partial charge is 0.387 e. The number of nitrogens with one attached hydrogen (secondary N) is 1. The third-order valence-corrected chi connectivity index (χ3v) is 13.7. The quantitative estimate of drug-likeness (QED) is 0.0243. The fourth-order valence-corrected chi connectivity index (χ4v) is 8.90. The molecular weight excluding hydrogens is 864 g/mol. The summed E-state index contributed by atoms with van der Waals surface area (Å²) < 4.78 is 23.7. The third-order valence-electron chi connectivity index (χ3n) is 12.7. The lowest BCUT2D eigenvalue weighted by molar-refractivity contribution is -0.870. The molecule has 0 aliphatic rings. The second-order valence-corrected chi connectivity index (χ2v) is 22.1.